The van der Waals surface area contributed by atoms with Crippen LogP contribution in [0.5, 0.6) is 5.75 Å². The van der Waals surface area contributed by atoms with Gasteiger partial charge in [0.1, 0.15) is 5.75 Å². The number of likely N-dealkylation sites (N-methyl/N-ethyl adjacent to an activating group) is 1. The Labute approximate surface area is 105 Å². The molecule has 0 aliphatic carbocycles. The molecule has 0 radical (unpaired) electrons. The van der Waals surface area contributed by atoms with Gasteiger partial charge in [0, 0.05) is 22.3 Å². The highest BCUT2D eigenvalue weighted by atomic mass is 79.9. The Morgan fingerprint density at radius 3 is 2.75 bits per heavy atom. The third kappa shape index (κ3) is 3.94. The molecule has 0 aliphatic heterocycles. The van der Waals surface area contributed by atoms with E-state index in [0.717, 1.165) is 28.8 Å². The molecule has 1 N–H and O–H groups in total. The molecule has 0 spiro atoms. The number of rotatable bonds is 4. The van der Waals surface area contributed by atoms with Gasteiger partial charge in [0.05, 0.1) is 6.54 Å². The number of phenolic OH excluding ortho intramolecular Hbond substituents is 1. The summed E-state index contributed by atoms with van der Waals surface area (Å²) in [6, 6.07) is 5.36. The summed E-state index contributed by atoms with van der Waals surface area (Å²) in [5.74, 6) is 0.273. The molecule has 0 saturated carbocycles. The monoisotopic (exact) mass is 284 g/mol. The minimum Gasteiger partial charge on any atom is -0.507 e. The highest BCUT2D eigenvalue weighted by Gasteiger charge is 2.04. The van der Waals surface area contributed by atoms with E-state index in [1.54, 1.807) is 6.07 Å². The largest absolute Gasteiger partial charge is 0.507 e. The summed E-state index contributed by atoms with van der Waals surface area (Å²) in [5, 5.41) is 9.70. The number of benzene rings is 1. The van der Waals surface area contributed by atoms with Gasteiger partial charge < -0.3 is 10.0 Å². The lowest BCUT2D eigenvalue weighted by molar-refractivity contribution is 0.420. The molecule has 0 atom stereocenters. The lowest BCUT2D eigenvalue weighted by Crippen LogP contribution is -2.16. The Balaban J connectivity index is 2.79. The maximum atomic E-state index is 9.70. The predicted octanol–water partition coefficient (Wildman–Crippen LogP) is 2.53. The molecule has 4 heteroatoms. The molecule has 1 aromatic carbocycles. The van der Waals surface area contributed by atoms with Crippen LogP contribution in [0, 0.1) is 0 Å². The molecule has 1 rings (SSSR count). The van der Waals surface area contributed by atoms with E-state index >= 15 is 0 Å². The molecule has 0 fully saturated rings. The topological polar surface area (TPSA) is 35.8 Å². The first kappa shape index (κ1) is 13.2. The van der Waals surface area contributed by atoms with Crippen LogP contribution in [0.1, 0.15) is 12.5 Å². The standard InChI is InChI=1S/C12H17BrN2O/c1-9(14-6-7-15(2)3)11-8-10(13)4-5-12(11)16/h4-5,8,16H,6-7H2,1-3H3. The van der Waals surface area contributed by atoms with Gasteiger partial charge in [-0.05, 0) is 39.2 Å². The molecular formula is C12H17BrN2O. The zero-order valence-electron chi connectivity index (χ0n) is 9.87. The maximum Gasteiger partial charge on any atom is 0.124 e. The van der Waals surface area contributed by atoms with Crippen molar-refractivity contribution in [3.05, 3.63) is 28.2 Å². The van der Waals surface area contributed by atoms with Crippen molar-refractivity contribution in [2.45, 2.75) is 6.92 Å². The second-order valence-electron chi connectivity index (χ2n) is 3.93. The van der Waals surface area contributed by atoms with Gasteiger partial charge >= 0.3 is 0 Å². The maximum absolute atomic E-state index is 9.70. The van der Waals surface area contributed by atoms with Crippen LogP contribution in [0.3, 0.4) is 0 Å². The summed E-state index contributed by atoms with van der Waals surface area (Å²) < 4.78 is 0.947. The fourth-order valence-corrected chi connectivity index (χ4v) is 1.66. The summed E-state index contributed by atoms with van der Waals surface area (Å²) in [6.45, 7) is 3.56. The van der Waals surface area contributed by atoms with Gasteiger partial charge in [-0.3, -0.25) is 4.99 Å². The quantitative estimate of drug-likeness (QED) is 0.863. The van der Waals surface area contributed by atoms with E-state index < -0.39 is 0 Å². The van der Waals surface area contributed by atoms with Crippen LogP contribution >= 0.6 is 15.9 Å². The average molecular weight is 285 g/mol. The van der Waals surface area contributed by atoms with Crippen molar-refractivity contribution in [2.75, 3.05) is 27.2 Å². The molecule has 0 saturated heterocycles. The second kappa shape index (κ2) is 6.01. The average Bonchev–Trinajstić information content (AvgIpc) is 2.21. The number of hydrogen-bond acceptors (Lipinski definition) is 3. The lowest BCUT2D eigenvalue weighted by Gasteiger charge is -2.08. The Hall–Kier alpha value is -0.870. The molecule has 16 heavy (non-hydrogen) atoms. The Kier molecular flexibility index (Phi) is 4.96. The number of nitrogens with zero attached hydrogens (tertiary/aromatic N) is 2. The SMILES string of the molecule is CC(=NCCN(C)C)c1cc(Br)ccc1O. The summed E-state index contributed by atoms with van der Waals surface area (Å²) >= 11 is 3.38. The Morgan fingerprint density at radius 2 is 2.12 bits per heavy atom. The minimum atomic E-state index is 0.273. The van der Waals surface area contributed by atoms with Crippen LogP contribution in [-0.2, 0) is 0 Å². The molecule has 0 amide bonds. The van der Waals surface area contributed by atoms with Crippen molar-refractivity contribution < 1.29 is 5.11 Å². The fourth-order valence-electron chi connectivity index (χ4n) is 1.30. The van der Waals surface area contributed by atoms with Crippen LogP contribution in [-0.4, -0.2) is 42.9 Å². The van der Waals surface area contributed by atoms with Crippen LogP contribution in [0.25, 0.3) is 0 Å². The van der Waals surface area contributed by atoms with Gasteiger partial charge in [0.2, 0.25) is 0 Å². The van der Waals surface area contributed by atoms with Crippen molar-refractivity contribution in [3.8, 4) is 5.75 Å². The molecule has 0 heterocycles. The molecule has 0 unspecified atom stereocenters. The third-order valence-electron chi connectivity index (χ3n) is 2.24. The summed E-state index contributed by atoms with van der Waals surface area (Å²) in [7, 11) is 4.03. The first-order valence-corrected chi connectivity index (χ1v) is 5.94. The van der Waals surface area contributed by atoms with E-state index in [-0.39, 0.29) is 5.75 Å². The first-order valence-electron chi connectivity index (χ1n) is 5.15. The van der Waals surface area contributed by atoms with Crippen molar-refractivity contribution in [3.63, 3.8) is 0 Å². The molecule has 3 nitrogen and oxygen atoms in total. The van der Waals surface area contributed by atoms with E-state index in [1.807, 2.05) is 33.2 Å². The Morgan fingerprint density at radius 1 is 1.44 bits per heavy atom. The van der Waals surface area contributed by atoms with Gasteiger partial charge in [-0.1, -0.05) is 15.9 Å². The van der Waals surface area contributed by atoms with E-state index in [2.05, 4.69) is 25.8 Å². The van der Waals surface area contributed by atoms with Gasteiger partial charge in [0.25, 0.3) is 0 Å². The summed E-state index contributed by atoms with van der Waals surface area (Å²) in [4.78, 5) is 6.51. The highest BCUT2D eigenvalue weighted by Crippen LogP contribution is 2.22. The minimum absolute atomic E-state index is 0.273. The van der Waals surface area contributed by atoms with Gasteiger partial charge in [-0.2, -0.15) is 0 Å². The highest BCUT2D eigenvalue weighted by molar-refractivity contribution is 9.10. The van der Waals surface area contributed by atoms with E-state index in [9.17, 15) is 5.11 Å². The Bertz CT molecular complexity index is 389. The molecule has 0 aromatic heterocycles. The zero-order chi connectivity index (χ0) is 12.1. The summed E-state index contributed by atoms with van der Waals surface area (Å²) in [5.41, 5.74) is 1.65. The number of aromatic hydroxyl groups is 1. The van der Waals surface area contributed by atoms with Crippen molar-refractivity contribution >= 4 is 21.6 Å². The molecule has 0 bridgehead atoms. The van der Waals surface area contributed by atoms with Crippen LogP contribution in [0.2, 0.25) is 0 Å². The van der Waals surface area contributed by atoms with Gasteiger partial charge in [-0.15, -0.1) is 0 Å². The van der Waals surface area contributed by atoms with Crippen molar-refractivity contribution in [2.24, 2.45) is 4.99 Å². The molecule has 88 valence electrons. The van der Waals surface area contributed by atoms with Crippen LogP contribution < -0.4 is 0 Å². The fraction of sp³-hybridized carbons (Fsp3) is 0.417. The molecule has 0 aliphatic rings. The normalized spacial score (nSPS) is 12.2. The smallest absolute Gasteiger partial charge is 0.124 e. The zero-order valence-corrected chi connectivity index (χ0v) is 11.5. The van der Waals surface area contributed by atoms with E-state index in [1.165, 1.54) is 0 Å². The number of halogens is 1. The molecule has 1 aromatic rings. The van der Waals surface area contributed by atoms with Gasteiger partial charge in [0.15, 0.2) is 0 Å². The number of aliphatic imine (C=N–C) groups is 1. The number of hydrogen-bond donors (Lipinski definition) is 1. The lowest BCUT2D eigenvalue weighted by atomic mass is 10.1. The molecular weight excluding hydrogens is 268 g/mol. The first-order chi connectivity index (χ1) is 7.50. The van der Waals surface area contributed by atoms with Crippen LogP contribution in [0.4, 0.5) is 0 Å². The van der Waals surface area contributed by atoms with Gasteiger partial charge in [-0.25, -0.2) is 0 Å². The van der Waals surface area contributed by atoms with Crippen molar-refractivity contribution in [1.29, 1.82) is 0 Å². The third-order valence-corrected chi connectivity index (χ3v) is 2.74. The van der Waals surface area contributed by atoms with Crippen molar-refractivity contribution in [1.82, 2.24) is 4.90 Å². The summed E-state index contributed by atoms with van der Waals surface area (Å²) in [6.07, 6.45) is 0. The number of phenols is 1. The second-order valence-corrected chi connectivity index (χ2v) is 4.85. The van der Waals surface area contributed by atoms with E-state index in [0.29, 0.717) is 0 Å². The van der Waals surface area contributed by atoms with Crippen LogP contribution in [0.15, 0.2) is 27.7 Å². The van der Waals surface area contributed by atoms with E-state index in [4.69, 9.17) is 0 Å². The predicted molar refractivity (Wildman–Crippen MR) is 71.4 cm³/mol.